The highest BCUT2D eigenvalue weighted by Crippen LogP contribution is 1.76. The molecule has 0 aliphatic carbocycles. The van der Waals surface area contributed by atoms with Crippen LogP contribution in [0, 0.1) is 0 Å². The van der Waals surface area contributed by atoms with Crippen molar-refractivity contribution in [2.24, 2.45) is 7.05 Å². The molecule has 0 atom stereocenters. The van der Waals surface area contributed by atoms with E-state index in [2.05, 4.69) is 4.98 Å². The van der Waals surface area contributed by atoms with E-state index in [0.717, 1.165) is 0 Å². The van der Waals surface area contributed by atoms with E-state index in [1.807, 2.05) is 0 Å². The zero-order valence-electron chi connectivity index (χ0n) is 5.02. The normalized spacial score (nSPS) is 9.67. The van der Waals surface area contributed by atoms with Gasteiger partial charge in [0.15, 0.2) is 0 Å². The van der Waals surface area contributed by atoms with Crippen molar-refractivity contribution in [3.05, 3.63) is 12.5 Å². The first kappa shape index (κ1) is 6.32. The predicted molar refractivity (Wildman–Crippen MR) is 33.0 cm³/mol. The largest absolute Gasteiger partial charge is 0.509 e. The van der Waals surface area contributed by atoms with E-state index in [4.69, 9.17) is 10.0 Å². The lowest BCUT2D eigenvalue weighted by atomic mass is 9.87. The molecule has 0 spiro atoms. The molecular weight excluding hydrogens is 119 g/mol. The molecule has 2 N–H and O–H groups in total. The van der Waals surface area contributed by atoms with E-state index in [-0.39, 0.29) is 5.59 Å². The first-order valence-corrected chi connectivity index (χ1v) is 2.54. The summed E-state index contributed by atoms with van der Waals surface area (Å²) in [6, 6.07) is 0. The van der Waals surface area contributed by atoms with Crippen LogP contribution in [0.3, 0.4) is 0 Å². The number of imidazole rings is 1. The molecule has 0 bridgehead atoms. The fraction of sp³-hybridized carbons (Fsp3) is 0.250. The molecule has 1 aromatic rings. The molecule has 0 radical (unpaired) electrons. The third-order valence-electron chi connectivity index (χ3n) is 0.989. The van der Waals surface area contributed by atoms with Gasteiger partial charge in [-0.1, -0.05) is 0 Å². The summed E-state index contributed by atoms with van der Waals surface area (Å²) in [6.45, 7) is 0. The molecule has 0 saturated carbocycles. The van der Waals surface area contributed by atoms with Gasteiger partial charge in [0.2, 0.25) is 0 Å². The Morgan fingerprint density at radius 1 is 1.67 bits per heavy atom. The molecule has 0 aliphatic rings. The summed E-state index contributed by atoms with van der Waals surface area (Å²) in [4.78, 5) is 3.68. The summed E-state index contributed by atoms with van der Waals surface area (Å²) in [5, 5.41) is 17.0. The first-order chi connectivity index (χ1) is 4.20. The van der Waals surface area contributed by atoms with Crippen molar-refractivity contribution in [1.82, 2.24) is 9.55 Å². The van der Waals surface area contributed by atoms with Crippen molar-refractivity contribution in [2.75, 3.05) is 0 Å². The Labute approximate surface area is 52.9 Å². The third-order valence-corrected chi connectivity index (χ3v) is 0.989. The Kier molecular flexibility index (Phi) is 1.55. The van der Waals surface area contributed by atoms with Crippen LogP contribution in [-0.4, -0.2) is 26.7 Å². The summed E-state index contributed by atoms with van der Waals surface area (Å²) in [5.41, 5.74) is 0.275. The van der Waals surface area contributed by atoms with Gasteiger partial charge in [-0.2, -0.15) is 0 Å². The van der Waals surface area contributed by atoms with Gasteiger partial charge in [-0.15, -0.1) is 0 Å². The highest BCUT2D eigenvalue weighted by Gasteiger charge is 2.12. The molecule has 9 heavy (non-hydrogen) atoms. The lowest BCUT2D eigenvalue weighted by Crippen LogP contribution is -2.30. The van der Waals surface area contributed by atoms with Gasteiger partial charge in [-0.05, 0) is 0 Å². The van der Waals surface area contributed by atoms with Gasteiger partial charge in [0.1, 0.15) is 0 Å². The number of rotatable bonds is 1. The summed E-state index contributed by atoms with van der Waals surface area (Å²) in [6.07, 6.45) is 3.06. The summed E-state index contributed by atoms with van der Waals surface area (Å²) in [5.74, 6) is 0. The van der Waals surface area contributed by atoms with E-state index < -0.39 is 7.12 Å². The number of aryl methyl sites for hydroxylation is 1. The Morgan fingerprint density at radius 2 is 2.33 bits per heavy atom. The molecule has 4 nitrogen and oxygen atoms in total. The summed E-state index contributed by atoms with van der Waals surface area (Å²) in [7, 11) is 0.310. The molecule has 0 aliphatic heterocycles. The van der Waals surface area contributed by atoms with Crippen LogP contribution in [0.1, 0.15) is 0 Å². The minimum Gasteiger partial charge on any atom is -0.422 e. The van der Waals surface area contributed by atoms with Gasteiger partial charge >= 0.3 is 7.12 Å². The maximum atomic E-state index is 8.52. The van der Waals surface area contributed by atoms with Crippen LogP contribution < -0.4 is 5.59 Å². The van der Waals surface area contributed by atoms with Crippen LogP contribution in [0.25, 0.3) is 0 Å². The SMILES string of the molecule is Cn1cnc(B(O)O)c1. The quantitative estimate of drug-likeness (QED) is 0.432. The van der Waals surface area contributed by atoms with Gasteiger partial charge < -0.3 is 14.6 Å². The lowest BCUT2D eigenvalue weighted by molar-refractivity contribution is 0.424. The van der Waals surface area contributed by atoms with Crippen LogP contribution in [-0.2, 0) is 7.05 Å². The van der Waals surface area contributed by atoms with E-state index in [0.29, 0.717) is 0 Å². The van der Waals surface area contributed by atoms with Gasteiger partial charge in [0, 0.05) is 13.2 Å². The molecular formula is C4H7BN2O2. The summed E-state index contributed by atoms with van der Waals surface area (Å²) < 4.78 is 1.65. The van der Waals surface area contributed by atoms with Gasteiger partial charge in [-0.25, -0.2) is 4.98 Å². The predicted octanol–water partition coefficient (Wildman–Crippen LogP) is -1.90. The number of nitrogens with zero attached hydrogens (tertiary/aromatic N) is 2. The molecule has 0 amide bonds. The fourth-order valence-corrected chi connectivity index (χ4v) is 0.566. The highest BCUT2D eigenvalue weighted by molar-refractivity contribution is 6.57. The smallest absolute Gasteiger partial charge is 0.422 e. The average Bonchev–Trinajstić information content (AvgIpc) is 2.14. The van der Waals surface area contributed by atoms with Crippen molar-refractivity contribution >= 4 is 12.7 Å². The molecule has 48 valence electrons. The lowest BCUT2D eigenvalue weighted by Gasteiger charge is -1.87. The monoisotopic (exact) mass is 126 g/mol. The zero-order valence-corrected chi connectivity index (χ0v) is 5.02. The van der Waals surface area contributed by atoms with Crippen LogP contribution in [0.4, 0.5) is 0 Å². The first-order valence-electron chi connectivity index (χ1n) is 2.54. The maximum absolute atomic E-state index is 8.52. The summed E-state index contributed by atoms with van der Waals surface area (Å²) >= 11 is 0. The molecule has 1 aromatic heterocycles. The van der Waals surface area contributed by atoms with Crippen LogP contribution in [0.5, 0.6) is 0 Å². The zero-order chi connectivity index (χ0) is 6.85. The van der Waals surface area contributed by atoms with E-state index in [1.54, 1.807) is 17.8 Å². The highest BCUT2D eigenvalue weighted by atomic mass is 16.4. The molecule has 5 heteroatoms. The van der Waals surface area contributed by atoms with E-state index in [1.165, 1.54) is 6.33 Å². The number of aromatic nitrogens is 2. The Bertz CT molecular complexity index is 198. The van der Waals surface area contributed by atoms with Crippen LogP contribution in [0.2, 0.25) is 0 Å². The Hall–Kier alpha value is -0.805. The maximum Gasteiger partial charge on any atom is 0.509 e. The van der Waals surface area contributed by atoms with Crippen LogP contribution in [0.15, 0.2) is 12.5 Å². The minimum atomic E-state index is -1.45. The van der Waals surface area contributed by atoms with Crippen molar-refractivity contribution in [3.63, 3.8) is 0 Å². The fourth-order valence-electron chi connectivity index (χ4n) is 0.566. The Morgan fingerprint density at radius 3 is 2.56 bits per heavy atom. The van der Waals surface area contributed by atoms with Crippen molar-refractivity contribution in [2.45, 2.75) is 0 Å². The molecule has 0 fully saturated rings. The van der Waals surface area contributed by atoms with Gasteiger partial charge in [0.05, 0.1) is 11.9 Å². The molecule has 1 heterocycles. The Balaban J connectivity index is 2.85. The second-order valence-corrected chi connectivity index (χ2v) is 1.84. The second-order valence-electron chi connectivity index (χ2n) is 1.84. The van der Waals surface area contributed by atoms with Crippen LogP contribution >= 0.6 is 0 Å². The molecule has 0 aromatic carbocycles. The second kappa shape index (κ2) is 2.20. The molecule has 0 saturated heterocycles. The van der Waals surface area contributed by atoms with Crippen molar-refractivity contribution in [3.8, 4) is 0 Å². The average molecular weight is 126 g/mol. The van der Waals surface area contributed by atoms with Crippen molar-refractivity contribution in [1.29, 1.82) is 0 Å². The number of hydrogen-bond donors (Lipinski definition) is 2. The van der Waals surface area contributed by atoms with Crippen molar-refractivity contribution < 1.29 is 10.0 Å². The van der Waals surface area contributed by atoms with E-state index >= 15 is 0 Å². The topological polar surface area (TPSA) is 58.3 Å². The van der Waals surface area contributed by atoms with E-state index in [9.17, 15) is 0 Å². The molecule has 1 rings (SSSR count). The van der Waals surface area contributed by atoms with Gasteiger partial charge in [0.25, 0.3) is 0 Å². The number of hydrogen-bond acceptors (Lipinski definition) is 3. The van der Waals surface area contributed by atoms with Gasteiger partial charge in [-0.3, -0.25) is 0 Å². The standard InChI is InChI=1S/C4H7BN2O2/c1-7-2-4(5(8)9)6-3-7/h2-3,8-9H,1H3. The minimum absolute atomic E-state index is 0.275. The third kappa shape index (κ3) is 1.31. The molecule has 0 unspecified atom stereocenters.